The average molecular weight is 458 g/mol. The molecule has 0 aliphatic carbocycles. The van der Waals surface area contributed by atoms with E-state index in [0.717, 1.165) is 0 Å². The van der Waals surface area contributed by atoms with Crippen molar-refractivity contribution in [1.29, 1.82) is 0 Å². The molecule has 2 aromatic rings. The summed E-state index contributed by atoms with van der Waals surface area (Å²) in [6.07, 6.45) is 1.33. The number of hydrogen-bond acceptors (Lipinski definition) is 9. The first-order valence-electron chi connectivity index (χ1n) is 9.70. The number of rotatable bonds is 10. The third-order valence-electron chi connectivity index (χ3n) is 4.05. The monoisotopic (exact) mass is 458 g/mol. The van der Waals surface area contributed by atoms with Crippen molar-refractivity contribution in [2.45, 2.75) is 26.4 Å². The number of carbonyl (C=O) groups is 3. The summed E-state index contributed by atoms with van der Waals surface area (Å²) >= 11 is 0. The summed E-state index contributed by atoms with van der Waals surface area (Å²) in [5, 5.41) is 12.0. The second kappa shape index (κ2) is 11.8. The second-order valence-corrected chi connectivity index (χ2v) is 6.52. The highest BCUT2D eigenvalue weighted by atomic mass is 17.0. The molecule has 0 aliphatic heterocycles. The predicted octanol–water partition coefficient (Wildman–Crippen LogP) is 3.16. The Labute approximate surface area is 189 Å². The minimum Gasteiger partial charge on any atom is -0.493 e. The summed E-state index contributed by atoms with van der Waals surface area (Å²) in [6, 6.07) is 10.7. The van der Waals surface area contributed by atoms with Gasteiger partial charge in [0.2, 0.25) is 12.0 Å². The normalized spacial score (nSPS) is 11.4. The van der Waals surface area contributed by atoms with E-state index in [2.05, 4.69) is 10.2 Å². The third kappa shape index (κ3) is 7.98. The number of nitrogens with zero attached hydrogens (tertiary/aromatic N) is 1. The van der Waals surface area contributed by atoms with E-state index >= 15 is 0 Å². The van der Waals surface area contributed by atoms with Crippen LogP contribution >= 0.6 is 0 Å². The summed E-state index contributed by atoms with van der Waals surface area (Å²) in [5.74, 6) is -1.30. The molecule has 0 radical (unpaired) electrons. The van der Waals surface area contributed by atoms with E-state index in [0.29, 0.717) is 17.0 Å². The molecule has 1 atom stereocenters. The Morgan fingerprint density at radius 3 is 2.36 bits per heavy atom. The molecule has 174 valence electrons. The Morgan fingerprint density at radius 2 is 1.79 bits per heavy atom. The van der Waals surface area contributed by atoms with Gasteiger partial charge in [-0.05, 0) is 54.5 Å². The van der Waals surface area contributed by atoms with Gasteiger partial charge in [0, 0.05) is 18.7 Å². The molecule has 0 aromatic heterocycles. The Kier molecular flexibility index (Phi) is 8.92. The lowest BCUT2D eigenvalue weighted by Crippen LogP contribution is -2.30. The fourth-order valence-electron chi connectivity index (χ4n) is 2.56. The van der Waals surface area contributed by atoms with Gasteiger partial charge in [-0.2, -0.15) is 0 Å². The van der Waals surface area contributed by atoms with Gasteiger partial charge in [-0.1, -0.05) is 13.0 Å². The van der Waals surface area contributed by atoms with Crippen molar-refractivity contribution >= 4 is 29.6 Å². The Balaban J connectivity index is 2.03. The van der Waals surface area contributed by atoms with Crippen molar-refractivity contribution in [3.8, 4) is 17.2 Å². The number of anilines is 1. The van der Waals surface area contributed by atoms with Gasteiger partial charge in [-0.3, -0.25) is 9.63 Å². The van der Waals surface area contributed by atoms with E-state index < -0.39 is 23.1 Å². The first-order chi connectivity index (χ1) is 15.7. The SMILES string of the molecule is CCC(O[N+](=O)[O-])C(=O)Oc1ccc(/C=C/C(=O)Oc2ccc(NC(C)=O)cc2)cc1OC. The summed E-state index contributed by atoms with van der Waals surface area (Å²) in [7, 11) is 1.35. The van der Waals surface area contributed by atoms with Crippen LogP contribution in [0, 0.1) is 10.1 Å². The Hall–Kier alpha value is -4.41. The Morgan fingerprint density at radius 1 is 1.09 bits per heavy atom. The molecular formula is C22H22N2O9. The predicted molar refractivity (Wildman–Crippen MR) is 116 cm³/mol. The van der Waals surface area contributed by atoms with E-state index in [4.69, 9.17) is 14.2 Å². The molecular weight excluding hydrogens is 436 g/mol. The molecule has 0 saturated carbocycles. The van der Waals surface area contributed by atoms with Crippen LogP contribution in [-0.4, -0.2) is 36.1 Å². The summed E-state index contributed by atoms with van der Waals surface area (Å²) in [4.78, 5) is 50.0. The molecule has 1 amide bonds. The van der Waals surface area contributed by atoms with Gasteiger partial charge in [0.15, 0.2) is 11.5 Å². The van der Waals surface area contributed by atoms with Gasteiger partial charge in [0.05, 0.1) is 7.11 Å². The maximum Gasteiger partial charge on any atom is 0.340 e. The van der Waals surface area contributed by atoms with Crippen LogP contribution in [0.4, 0.5) is 5.69 Å². The van der Waals surface area contributed by atoms with Crippen molar-refractivity contribution in [2.24, 2.45) is 0 Å². The molecule has 33 heavy (non-hydrogen) atoms. The first kappa shape index (κ1) is 24.9. The average Bonchev–Trinajstić information content (AvgIpc) is 2.77. The fraction of sp³-hybridized carbons (Fsp3) is 0.227. The Bertz CT molecular complexity index is 1050. The number of esters is 2. The van der Waals surface area contributed by atoms with Crippen molar-refractivity contribution in [1.82, 2.24) is 0 Å². The van der Waals surface area contributed by atoms with Gasteiger partial charge in [0.25, 0.3) is 5.09 Å². The molecule has 0 spiro atoms. The molecule has 0 heterocycles. The smallest absolute Gasteiger partial charge is 0.340 e. The molecule has 1 unspecified atom stereocenters. The quantitative estimate of drug-likeness (QED) is 0.187. The lowest BCUT2D eigenvalue weighted by molar-refractivity contribution is -0.764. The van der Waals surface area contributed by atoms with Gasteiger partial charge in [0.1, 0.15) is 5.75 Å². The van der Waals surface area contributed by atoms with Crippen LogP contribution in [0.3, 0.4) is 0 Å². The zero-order chi connectivity index (χ0) is 24.4. The van der Waals surface area contributed by atoms with E-state index in [9.17, 15) is 24.5 Å². The minimum atomic E-state index is -1.37. The van der Waals surface area contributed by atoms with Crippen molar-refractivity contribution in [3.63, 3.8) is 0 Å². The largest absolute Gasteiger partial charge is 0.493 e. The lowest BCUT2D eigenvalue weighted by Gasteiger charge is -2.14. The van der Waals surface area contributed by atoms with Crippen LogP contribution in [0.1, 0.15) is 25.8 Å². The number of benzene rings is 2. The highest BCUT2D eigenvalue weighted by Gasteiger charge is 2.24. The molecule has 2 aromatic carbocycles. The van der Waals surface area contributed by atoms with E-state index in [1.165, 1.54) is 57.4 Å². The van der Waals surface area contributed by atoms with Gasteiger partial charge < -0.3 is 19.5 Å². The maximum atomic E-state index is 12.1. The molecule has 0 bridgehead atoms. The lowest BCUT2D eigenvalue weighted by atomic mass is 10.2. The van der Waals surface area contributed by atoms with E-state index in [-0.39, 0.29) is 23.8 Å². The van der Waals surface area contributed by atoms with Gasteiger partial charge in [-0.25, -0.2) is 9.59 Å². The van der Waals surface area contributed by atoms with Crippen LogP contribution < -0.4 is 19.5 Å². The third-order valence-corrected chi connectivity index (χ3v) is 4.05. The molecule has 1 N–H and O–H groups in total. The van der Waals surface area contributed by atoms with Crippen molar-refractivity contribution in [3.05, 3.63) is 64.2 Å². The van der Waals surface area contributed by atoms with Crippen LogP contribution in [0.5, 0.6) is 17.2 Å². The molecule has 0 saturated heterocycles. The van der Waals surface area contributed by atoms with E-state index in [1.807, 2.05) is 0 Å². The second-order valence-electron chi connectivity index (χ2n) is 6.52. The van der Waals surface area contributed by atoms with Crippen LogP contribution in [0.2, 0.25) is 0 Å². The van der Waals surface area contributed by atoms with Gasteiger partial charge >= 0.3 is 11.9 Å². The number of ether oxygens (including phenoxy) is 3. The van der Waals surface area contributed by atoms with Crippen LogP contribution in [0.25, 0.3) is 6.08 Å². The van der Waals surface area contributed by atoms with Crippen molar-refractivity contribution < 1.29 is 38.5 Å². The zero-order valence-corrected chi connectivity index (χ0v) is 18.1. The highest BCUT2D eigenvalue weighted by molar-refractivity contribution is 5.90. The number of amides is 1. The molecule has 11 nitrogen and oxygen atoms in total. The topological polar surface area (TPSA) is 143 Å². The van der Waals surface area contributed by atoms with Crippen molar-refractivity contribution in [2.75, 3.05) is 12.4 Å². The fourth-order valence-corrected chi connectivity index (χ4v) is 2.56. The zero-order valence-electron chi connectivity index (χ0n) is 18.1. The van der Waals surface area contributed by atoms with Crippen LogP contribution in [-0.2, 0) is 19.2 Å². The maximum absolute atomic E-state index is 12.1. The minimum absolute atomic E-state index is 0.0342. The molecule has 2 rings (SSSR count). The van der Waals surface area contributed by atoms with E-state index in [1.54, 1.807) is 18.2 Å². The summed E-state index contributed by atoms with van der Waals surface area (Å²) in [5.41, 5.74) is 1.11. The molecule has 11 heteroatoms. The first-order valence-corrected chi connectivity index (χ1v) is 9.70. The number of nitrogens with one attached hydrogen (secondary N) is 1. The number of hydrogen-bond donors (Lipinski definition) is 1. The number of methoxy groups -OCH3 is 1. The summed E-state index contributed by atoms with van der Waals surface area (Å²) in [6.45, 7) is 2.92. The van der Waals surface area contributed by atoms with Gasteiger partial charge in [-0.15, -0.1) is 10.1 Å². The summed E-state index contributed by atoms with van der Waals surface area (Å²) < 4.78 is 15.5. The highest BCUT2D eigenvalue weighted by Crippen LogP contribution is 2.29. The molecule has 0 fully saturated rings. The number of carbonyl (C=O) groups excluding carboxylic acids is 3. The van der Waals surface area contributed by atoms with Crippen LogP contribution in [0.15, 0.2) is 48.5 Å². The molecule has 0 aliphatic rings. The standard InChI is InChI=1S/C22H22N2O9/c1-4-18(33-24(28)29)22(27)32-19-11-5-15(13-20(19)30-3)6-12-21(26)31-17-9-7-16(8-10-17)23-14(2)25/h5-13,18H,4H2,1-3H3,(H,23,25)/b12-6+.